The minimum atomic E-state index is -4.71. The predicted molar refractivity (Wildman–Crippen MR) is 75.4 cm³/mol. The van der Waals surface area contributed by atoms with Gasteiger partial charge in [-0.25, -0.2) is 9.78 Å². The number of hydrogen-bond acceptors (Lipinski definition) is 5. The second kappa shape index (κ2) is 5.40. The Hall–Kier alpha value is -2.23. The molecule has 2 heterocycles. The van der Waals surface area contributed by atoms with Gasteiger partial charge in [-0.1, -0.05) is 0 Å². The first-order valence-corrected chi connectivity index (χ1v) is 7.08. The van der Waals surface area contributed by atoms with Crippen LogP contribution in [0.2, 0.25) is 0 Å². The summed E-state index contributed by atoms with van der Waals surface area (Å²) in [7, 11) is 1.28. The quantitative estimate of drug-likeness (QED) is 0.739. The fourth-order valence-electron chi connectivity index (χ4n) is 2.90. The molecule has 0 radical (unpaired) electrons. The molecular formula is C14H17F3N4O3. The van der Waals surface area contributed by atoms with Crippen LogP contribution in [0.15, 0.2) is 12.4 Å². The number of amides is 2. The average molecular weight is 346 g/mol. The molecule has 0 aromatic carbocycles. The number of likely N-dealkylation sites (N-methyl/N-ethyl adjacent to an activating group) is 1. The number of nitrogens with zero attached hydrogens (tertiary/aromatic N) is 4. The number of carboxylic acid groups (broad SMARTS) is 1. The summed E-state index contributed by atoms with van der Waals surface area (Å²) in [5.74, 6) is -1.68. The minimum Gasteiger partial charge on any atom is -0.548 e. The molecule has 10 heteroatoms. The smallest absolute Gasteiger partial charge is 0.433 e. The number of hydrogen-bond donors (Lipinski definition) is 0. The highest BCUT2D eigenvalue weighted by Gasteiger charge is 2.60. The van der Waals surface area contributed by atoms with E-state index in [1.807, 2.05) is 0 Å². The van der Waals surface area contributed by atoms with Crippen LogP contribution in [0.4, 0.5) is 23.8 Å². The fraction of sp³-hybridized carbons (Fsp3) is 0.571. The summed E-state index contributed by atoms with van der Waals surface area (Å²) >= 11 is 0. The molecule has 0 spiro atoms. The van der Waals surface area contributed by atoms with Crippen LogP contribution in [0.5, 0.6) is 0 Å². The summed E-state index contributed by atoms with van der Waals surface area (Å²) < 4.78 is 38.2. The standard InChI is InChI=1S/C14H17F3N4O3/c1-13(2,3)21(6-8(11(22)23)20(4)12(21)24)10-5-9(14(15,16)17)18-7-19-10/h5,7-8H,6H2,1-4H3. The van der Waals surface area contributed by atoms with Gasteiger partial charge < -0.3 is 9.90 Å². The van der Waals surface area contributed by atoms with E-state index in [1.165, 1.54) is 7.05 Å². The van der Waals surface area contributed by atoms with Crippen LogP contribution in [-0.4, -0.2) is 52.0 Å². The molecule has 2 rings (SSSR count). The van der Waals surface area contributed by atoms with Crippen molar-refractivity contribution in [3.8, 4) is 0 Å². The molecule has 0 aliphatic carbocycles. The lowest BCUT2D eigenvalue weighted by atomic mass is 10.0. The van der Waals surface area contributed by atoms with E-state index in [4.69, 9.17) is 0 Å². The molecule has 1 aromatic heterocycles. The van der Waals surface area contributed by atoms with E-state index in [1.54, 1.807) is 20.8 Å². The van der Waals surface area contributed by atoms with Gasteiger partial charge in [-0.2, -0.15) is 22.6 Å². The highest BCUT2D eigenvalue weighted by atomic mass is 19.4. The molecule has 0 saturated carbocycles. The normalized spacial score (nSPS) is 25.2. The number of aromatic nitrogens is 2. The summed E-state index contributed by atoms with van der Waals surface area (Å²) in [6, 6.07) is -1.24. The van der Waals surface area contributed by atoms with E-state index in [-0.39, 0.29) is 12.4 Å². The van der Waals surface area contributed by atoms with Gasteiger partial charge in [0, 0.05) is 7.05 Å². The summed E-state index contributed by atoms with van der Waals surface area (Å²) in [6.45, 7) is 4.61. The SMILES string of the molecule is CN1C(=O)[N+](c2cc(C(F)(F)F)ncn2)(C(C)(C)C)CC1C(=O)[O-]. The largest absolute Gasteiger partial charge is 0.548 e. The lowest BCUT2D eigenvalue weighted by Gasteiger charge is -2.40. The highest BCUT2D eigenvalue weighted by Crippen LogP contribution is 2.40. The van der Waals surface area contributed by atoms with Gasteiger partial charge in [0.25, 0.3) is 0 Å². The topological polar surface area (TPSA) is 86.2 Å². The van der Waals surface area contributed by atoms with E-state index >= 15 is 0 Å². The molecule has 1 aliphatic rings. The Balaban J connectivity index is 2.68. The summed E-state index contributed by atoms with van der Waals surface area (Å²) in [6.07, 6.45) is -3.98. The van der Waals surface area contributed by atoms with Crippen molar-refractivity contribution in [3.63, 3.8) is 0 Å². The maximum Gasteiger partial charge on any atom is 0.433 e. The summed E-state index contributed by atoms with van der Waals surface area (Å²) in [5.41, 5.74) is -2.13. The van der Waals surface area contributed by atoms with Crippen molar-refractivity contribution in [1.29, 1.82) is 0 Å². The maximum absolute atomic E-state index is 13.0. The molecule has 1 saturated heterocycles. The van der Waals surface area contributed by atoms with E-state index in [0.29, 0.717) is 6.07 Å². The van der Waals surface area contributed by atoms with E-state index in [0.717, 1.165) is 11.2 Å². The molecule has 1 fully saturated rings. The van der Waals surface area contributed by atoms with Crippen LogP contribution in [-0.2, 0) is 11.0 Å². The van der Waals surface area contributed by atoms with Gasteiger partial charge in [0.1, 0.15) is 24.5 Å². The lowest BCUT2D eigenvalue weighted by Crippen LogP contribution is -2.64. The summed E-state index contributed by atoms with van der Waals surface area (Å²) in [4.78, 5) is 32.1. The molecular weight excluding hydrogens is 329 g/mol. The number of halogens is 3. The fourth-order valence-corrected chi connectivity index (χ4v) is 2.90. The van der Waals surface area contributed by atoms with E-state index < -0.39 is 39.9 Å². The number of carbonyl (C=O) groups is 2. The first-order chi connectivity index (χ1) is 10.8. The van der Waals surface area contributed by atoms with Crippen molar-refractivity contribution in [2.45, 2.75) is 38.5 Å². The van der Waals surface area contributed by atoms with Crippen LogP contribution in [0, 0.1) is 0 Å². The van der Waals surface area contributed by atoms with Crippen molar-refractivity contribution >= 4 is 17.8 Å². The first-order valence-electron chi connectivity index (χ1n) is 7.08. The number of carbonyl (C=O) groups excluding carboxylic acids is 2. The van der Waals surface area contributed by atoms with Gasteiger partial charge in [-0.15, -0.1) is 0 Å². The van der Waals surface area contributed by atoms with Gasteiger partial charge >= 0.3 is 12.2 Å². The van der Waals surface area contributed by atoms with E-state index in [2.05, 4.69) is 9.97 Å². The molecule has 0 bridgehead atoms. The zero-order valence-corrected chi connectivity index (χ0v) is 13.6. The first kappa shape index (κ1) is 18.1. The molecule has 7 nitrogen and oxygen atoms in total. The van der Waals surface area contributed by atoms with E-state index in [9.17, 15) is 27.9 Å². The molecule has 2 atom stereocenters. The van der Waals surface area contributed by atoms with Crippen LogP contribution in [0.3, 0.4) is 0 Å². The van der Waals surface area contributed by atoms with Gasteiger partial charge in [0.15, 0.2) is 5.69 Å². The Morgan fingerprint density at radius 3 is 2.33 bits per heavy atom. The molecule has 2 unspecified atom stereocenters. The van der Waals surface area contributed by atoms with Gasteiger partial charge in [0.05, 0.1) is 12.0 Å². The third-order valence-corrected chi connectivity index (χ3v) is 4.29. The Morgan fingerprint density at radius 1 is 1.33 bits per heavy atom. The number of carboxylic acids is 1. The maximum atomic E-state index is 13.0. The monoisotopic (exact) mass is 346 g/mol. The predicted octanol–water partition coefficient (Wildman–Crippen LogP) is 0.785. The van der Waals surface area contributed by atoms with Crippen LogP contribution in [0.25, 0.3) is 0 Å². The van der Waals surface area contributed by atoms with Gasteiger partial charge in [-0.05, 0) is 20.8 Å². The Labute approximate surface area is 136 Å². The zero-order chi connectivity index (χ0) is 18.5. The zero-order valence-electron chi connectivity index (χ0n) is 13.6. The Morgan fingerprint density at radius 2 is 1.92 bits per heavy atom. The number of aliphatic carboxylic acids is 1. The minimum absolute atomic E-state index is 0.203. The van der Waals surface area contributed by atoms with Crippen molar-refractivity contribution < 1.29 is 27.9 Å². The van der Waals surface area contributed by atoms with Crippen molar-refractivity contribution in [2.24, 2.45) is 0 Å². The second-order valence-corrected chi connectivity index (χ2v) is 6.65. The average Bonchev–Trinajstić information content (AvgIpc) is 2.72. The van der Waals surface area contributed by atoms with Crippen LogP contribution in [0.1, 0.15) is 26.5 Å². The van der Waals surface area contributed by atoms with Crippen molar-refractivity contribution in [3.05, 3.63) is 18.1 Å². The number of rotatable bonds is 2. The van der Waals surface area contributed by atoms with Crippen LogP contribution >= 0.6 is 0 Å². The molecule has 1 aliphatic heterocycles. The number of urea groups is 1. The van der Waals surface area contributed by atoms with Gasteiger partial charge in [0.2, 0.25) is 5.82 Å². The van der Waals surface area contributed by atoms with Crippen LogP contribution < -0.4 is 9.59 Å². The Bertz CT molecular complexity index is 687. The molecule has 24 heavy (non-hydrogen) atoms. The number of alkyl halides is 3. The van der Waals surface area contributed by atoms with Crippen molar-refractivity contribution in [1.82, 2.24) is 19.4 Å². The van der Waals surface area contributed by atoms with Gasteiger partial charge in [-0.3, -0.25) is 4.90 Å². The molecule has 2 amide bonds. The third-order valence-electron chi connectivity index (χ3n) is 4.29. The molecule has 1 aromatic rings. The lowest BCUT2D eigenvalue weighted by molar-refractivity contribution is -0.309. The molecule has 0 N–H and O–H groups in total. The highest BCUT2D eigenvalue weighted by molar-refractivity contribution is 5.94. The number of quaternary nitrogens is 1. The molecule has 132 valence electrons. The Kier molecular flexibility index (Phi) is 4.08. The third kappa shape index (κ3) is 2.60. The van der Waals surface area contributed by atoms with Crippen molar-refractivity contribution in [2.75, 3.05) is 13.6 Å². The summed E-state index contributed by atoms with van der Waals surface area (Å²) in [5, 5.41) is 11.3. The second-order valence-electron chi connectivity index (χ2n) is 6.65.